The molecule has 1 aromatic carbocycles. The van der Waals surface area contributed by atoms with Crippen LogP contribution in [0.25, 0.3) is 0 Å². The van der Waals surface area contributed by atoms with E-state index in [0.29, 0.717) is 5.57 Å². The number of carbonyl (C=O) groups excluding carboxylic acids is 1. The highest BCUT2D eigenvalue weighted by atomic mass is 16.7. The predicted molar refractivity (Wildman–Crippen MR) is 72.9 cm³/mol. The normalized spacial score (nSPS) is 11.1. The van der Waals surface area contributed by atoms with E-state index in [9.17, 15) is 4.79 Å². The van der Waals surface area contributed by atoms with Gasteiger partial charge in [-0.1, -0.05) is 37.8 Å². The van der Waals surface area contributed by atoms with Crippen molar-refractivity contribution in [2.75, 3.05) is 0 Å². The van der Waals surface area contributed by atoms with E-state index in [0.717, 1.165) is 12.0 Å². The summed E-state index contributed by atoms with van der Waals surface area (Å²) < 4.78 is 0. The lowest BCUT2D eigenvalue weighted by Crippen LogP contribution is -2.39. The van der Waals surface area contributed by atoms with Crippen molar-refractivity contribution in [3.8, 4) is 0 Å². The van der Waals surface area contributed by atoms with Gasteiger partial charge in [0, 0.05) is 5.57 Å². The predicted octanol–water partition coefficient (Wildman–Crippen LogP) is 3.11. The fraction of sp³-hybridized carbons (Fsp3) is 0.400. The minimum atomic E-state index is -0.433. The van der Waals surface area contributed by atoms with Crippen LogP contribution in [-0.2, 0) is 21.6 Å². The summed E-state index contributed by atoms with van der Waals surface area (Å²) in [4.78, 5) is 16.4. The highest BCUT2D eigenvalue weighted by Crippen LogP contribution is 2.24. The van der Waals surface area contributed by atoms with E-state index < -0.39 is 11.5 Å². The van der Waals surface area contributed by atoms with E-state index >= 15 is 0 Å². The van der Waals surface area contributed by atoms with E-state index in [2.05, 4.69) is 25.0 Å². The second-order valence-corrected chi connectivity index (χ2v) is 4.91. The first-order chi connectivity index (χ1) is 8.38. The summed E-state index contributed by atoms with van der Waals surface area (Å²) >= 11 is 0. The Kier molecular flexibility index (Phi) is 4.68. The van der Waals surface area contributed by atoms with Gasteiger partial charge in [0.2, 0.25) is 0 Å². The van der Waals surface area contributed by atoms with Gasteiger partial charge in [0.05, 0.1) is 5.54 Å². The largest absolute Gasteiger partial charge is 0.366 e. The van der Waals surface area contributed by atoms with Gasteiger partial charge in [-0.05, 0) is 38.3 Å². The van der Waals surface area contributed by atoms with Gasteiger partial charge in [-0.15, -0.1) is 5.48 Å². The molecule has 1 aromatic rings. The number of hydrogen-bond donors (Lipinski definition) is 1. The second kappa shape index (κ2) is 5.83. The van der Waals surface area contributed by atoms with Crippen molar-refractivity contribution in [3.05, 3.63) is 47.5 Å². The molecule has 0 bridgehead atoms. The Morgan fingerprint density at radius 1 is 1.39 bits per heavy atom. The van der Waals surface area contributed by atoms with Gasteiger partial charge in [-0.2, -0.15) is 0 Å². The molecule has 98 valence electrons. The summed E-state index contributed by atoms with van der Waals surface area (Å²) in [7, 11) is 0. The van der Waals surface area contributed by atoms with E-state index in [1.54, 1.807) is 6.92 Å². The van der Waals surface area contributed by atoms with Crippen LogP contribution in [0.3, 0.4) is 0 Å². The lowest BCUT2D eigenvalue weighted by Gasteiger charge is -2.27. The molecule has 0 aliphatic carbocycles. The van der Waals surface area contributed by atoms with Gasteiger partial charge in [0.15, 0.2) is 0 Å². The van der Waals surface area contributed by atoms with Crippen LogP contribution in [0.4, 0.5) is 0 Å². The number of hydrogen-bond acceptors (Lipinski definition) is 3. The first kappa shape index (κ1) is 14.5. The molecule has 0 amide bonds. The topological polar surface area (TPSA) is 38.3 Å². The van der Waals surface area contributed by atoms with Gasteiger partial charge in [-0.25, -0.2) is 4.79 Å². The second-order valence-electron chi connectivity index (χ2n) is 4.91. The molecule has 0 radical (unpaired) electrons. The van der Waals surface area contributed by atoms with Crippen LogP contribution < -0.4 is 5.48 Å². The fourth-order valence-electron chi connectivity index (χ4n) is 1.75. The molecule has 1 rings (SSSR count). The Morgan fingerprint density at radius 2 is 2.00 bits per heavy atom. The van der Waals surface area contributed by atoms with Crippen molar-refractivity contribution in [2.24, 2.45) is 0 Å². The van der Waals surface area contributed by atoms with Crippen LogP contribution in [0, 0.1) is 0 Å². The Bertz CT molecular complexity index is 450. The first-order valence-corrected chi connectivity index (χ1v) is 6.10. The lowest BCUT2D eigenvalue weighted by atomic mass is 9.90. The van der Waals surface area contributed by atoms with Gasteiger partial charge in [0.25, 0.3) is 0 Å². The lowest BCUT2D eigenvalue weighted by molar-refractivity contribution is -0.150. The molecule has 0 aliphatic rings. The maximum absolute atomic E-state index is 11.4. The molecule has 0 atom stereocenters. The molecule has 0 heterocycles. The average molecular weight is 247 g/mol. The molecule has 0 fully saturated rings. The number of carbonyl (C=O) groups is 1. The summed E-state index contributed by atoms with van der Waals surface area (Å²) in [5.41, 5.74) is 5.13. The Balaban J connectivity index is 2.85. The number of nitrogens with one attached hydrogen (secondary N) is 1. The molecule has 0 saturated carbocycles. The highest BCUT2D eigenvalue weighted by Gasteiger charge is 2.24. The molecule has 0 aromatic heterocycles. The first-order valence-electron chi connectivity index (χ1n) is 6.10. The van der Waals surface area contributed by atoms with Gasteiger partial charge in [-0.3, -0.25) is 0 Å². The maximum Gasteiger partial charge on any atom is 0.351 e. The number of benzene rings is 1. The third-order valence-corrected chi connectivity index (χ3v) is 2.82. The van der Waals surface area contributed by atoms with E-state index in [4.69, 9.17) is 4.84 Å². The molecular formula is C15H21NO2. The number of hydroxylamine groups is 1. The van der Waals surface area contributed by atoms with E-state index in [1.807, 2.05) is 32.0 Å². The molecule has 0 unspecified atom stereocenters. The minimum absolute atomic E-state index is 0.377. The highest BCUT2D eigenvalue weighted by molar-refractivity contribution is 5.86. The van der Waals surface area contributed by atoms with Crippen LogP contribution in [0.1, 0.15) is 38.8 Å². The van der Waals surface area contributed by atoms with Gasteiger partial charge in [0.1, 0.15) is 0 Å². The summed E-state index contributed by atoms with van der Waals surface area (Å²) in [5.74, 6) is -0.433. The van der Waals surface area contributed by atoms with Crippen molar-refractivity contribution in [3.63, 3.8) is 0 Å². The molecule has 3 heteroatoms. The molecule has 0 saturated heterocycles. The van der Waals surface area contributed by atoms with Crippen molar-refractivity contribution in [1.29, 1.82) is 0 Å². The standard InChI is InChI=1S/C15H21NO2/c1-6-12-9-7-8-10-13(12)15(4,5)16-18-14(17)11(2)3/h7-10,16H,2,6H2,1,3-5H3. The summed E-state index contributed by atoms with van der Waals surface area (Å²) in [6.07, 6.45) is 0.940. The Hall–Kier alpha value is -1.61. The van der Waals surface area contributed by atoms with E-state index in [1.165, 1.54) is 5.56 Å². The zero-order valence-electron chi connectivity index (χ0n) is 11.5. The van der Waals surface area contributed by atoms with Crippen LogP contribution in [-0.4, -0.2) is 5.97 Å². The Morgan fingerprint density at radius 3 is 2.56 bits per heavy atom. The molecule has 1 N–H and O–H groups in total. The monoisotopic (exact) mass is 247 g/mol. The third-order valence-electron chi connectivity index (χ3n) is 2.82. The zero-order chi connectivity index (χ0) is 13.8. The Labute approximate surface area is 109 Å². The molecular weight excluding hydrogens is 226 g/mol. The van der Waals surface area contributed by atoms with Crippen LogP contribution in [0.15, 0.2) is 36.4 Å². The maximum atomic E-state index is 11.4. The number of aryl methyl sites for hydroxylation is 1. The molecule has 3 nitrogen and oxygen atoms in total. The third kappa shape index (κ3) is 3.44. The van der Waals surface area contributed by atoms with E-state index in [-0.39, 0.29) is 0 Å². The molecule has 0 aliphatic heterocycles. The number of rotatable bonds is 5. The van der Waals surface area contributed by atoms with Gasteiger partial charge < -0.3 is 4.84 Å². The van der Waals surface area contributed by atoms with Crippen LogP contribution in [0.5, 0.6) is 0 Å². The minimum Gasteiger partial charge on any atom is -0.366 e. The quantitative estimate of drug-likeness (QED) is 0.642. The average Bonchev–Trinajstić information content (AvgIpc) is 2.35. The van der Waals surface area contributed by atoms with Crippen LogP contribution in [0.2, 0.25) is 0 Å². The van der Waals surface area contributed by atoms with Crippen molar-refractivity contribution >= 4 is 5.97 Å². The smallest absolute Gasteiger partial charge is 0.351 e. The van der Waals surface area contributed by atoms with Crippen molar-refractivity contribution < 1.29 is 9.63 Å². The molecule has 18 heavy (non-hydrogen) atoms. The zero-order valence-corrected chi connectivity index (χ0v) is 11.5. The van der Waals surface area contributed by atoms with Crippen molar-refractivity contribution in [2.45, 2.75) is 39.7 Å². The summed E-state index contributed by atoms with van der Waals surface area (Å²) in [6, 6.07) is 8.12. The summed E-state index contributed by atoms with van der Waals surface area (Å²) in [6.45, 7) is 11.2. The van der Waals surface area contributed by atoms with Crippen LogP contribution >= 0.6 is 0 Å². The van der Waals surface area contributed by atoms with Crippen molar-refractivity contribution in [1.82, 2.24) is 5.48 Å². The summed E-state index contributed by atoms with van der Waals surface area (Å²) in [5, 5.41) is 0. The fourth-order valence-corrected chi connectivity index (χ4v) is 1.75. The molecule has 0 spiro atoms. The SMILES string of the molecule is C=C(C)C(=O)ONC(C)(C)c1ccccc1CC. The van der Waals surface area contributed by atoms with Gasteiger partial charge >= 0.3 is 5.97 Å².